The summed E-state index contributed by atoms with van der Waals surface area (Å²) in [6.45, 7) is 0. The normalized spacial score (nSPS) is 33.9. The number of phenols is 1. The number of hydrogen-bond donors (Lipinski definition) is 2. The number of alkyl halides is 2. The Bertz CT molecular complexity index is 1460. The highest BCUT2D eigenvalue weighted by atomic mass is 35.5. The molecule has 4 aliphatic rings. The molecule has 6 rings (SSSR count). The van der Waals surface area contributed by atoms with Crippen LogP contribution in [0.5, 0.6) is 11.5 Å². The predicted molar refractivity (Wildman–Crippen MR) is 134 cm³/mol. The van der Waals surface area contributed by atoms with Gasteiger partial charge in [-0.25, -0.2) is 9.29 Å². The van der Waals surface area contributed by atoms with Gasteiger partial charge in [0.2, 0.25) is 11.8 Å². The number of carbonyl (C=O) groups is 4. The molecule has 2 aliphatic heterocycles. The second kappa shape index (κ2) is 8.28. The molecule has 3 fully saturated rings. The lowest BCUT2D eigenvalue weighted by Crippen LogP contribution is -2.60. The van der Waals surface area contributed by atoms with Gasteiger partial charge in [0, 0.05) is 17.5 Å². The molecular formula is C27H21Cl2FN2O6. The van der Waals surface area contributed by atoms with E-state index in [2.05, 4.69) is 5.32 Å². The Balaban J connectivity index is 1.58. The van der Waals surface area contributed by atoms with Crippen molar-refractivity contribution in [3.8, 4) is 11.5 Å². The molecule has 196 valence electrons. The van der Waals surface area contributed by atoms with Crippen LogP contribution in [0.15, 0.2) is 54.1 Å². The first-order chi connectivity index (χ1) is 18.0. The van der Waals surface area contributed by atoms with E-state index in [9.17, 15) is 28.7 Å². The van der Waals surface area contributed by atoms with E-state index in [1.165, 1.54) is 31.4 Å². The van der Waals surface area contributed by atoms with Crippen molar-refractivity contribution in [3.63, 3.8) is 0 Å². The molecule has 0 bridgehead atoms. The van der Waals surface area contributed by atoms with Gasteiger partial charge in [-0.05, 0) is 49.1 Å². The van der Waals surface area contributed by atoms with Gasteiger partial charge in [0.1, 0.15) is 17.3 Å². The van der Waals surface area contributed by atoms with E-state index < -0.39 is 62.9 Å². The Hall–Kier alpha value is -3.43. The molecule has 4 amide bonds. The van der Waals surface area contributed by atoms with Crippen LogP contribution >= 0.6 is 23.2 Å². The Morgan fingerprint density at radius 1 is 1.03 bits per heavy atom. The third-order valence-electron chi connectivity index (χ3n) is 8.29. The SMILES string of the molecule is COc1ccc(C2C3=CCC4C(=O)NC(=O)C4C3CC3(Cl)C(=O)N(c4ccc(F)cc4)C(=O)C23Cl)c(O)c1. The van der Waals surface area contributed by atoms with Crippen molar-refractivity contribution >= 4 is 52.5 Å². The number of nitrogens with one attached hydrogen (secondary N) is 1. The van der Waals surface area contributed by atoms with Crippen molar-refractivity contribution in [1.82, 2.24) is 5.32 Å². The first kappa shape index (κ1) is 24.9. The summed E-state index contributed by atoms with van der Waals surface area (Å²) in [5, 5.41) is 13.4. The summed E-state index contributed by atoms with van der Waals surface area (Å²) in [6, 6.07) is 9.22. The molecule has 6 unspecified atom stereocenters. The number of imide groups is 2. The topological polar surface area (TPSA) is 113 Å². The number of amides is 4. The second-order valence-corrected chi connectivity index (χ2v) is 11.3. The standard InChI is InChI=1S/C27H21Cl2FN2O6/c1-38-14-6-7-16(19(33)10-14)21-15-8-9-17-20(23(35)31-22(17)34)18(15)11-26(28)24(36)32(25(37)27(21,26)29)13-4-2-12(30)3-5-13/h2-8,10,17-18,20-21,33H,9,11H2,1H3,(H,31,34,35). The van der Waals surface area contributed by atoms with Crippen LogP contribution in [0.1, 0.15) is 24.3 Å². The summed E-state index contributed by atoms with van der Waals surface area (Å²) in [4.78, 5) is 50.2. The largest absolute Gasteiger partial charge is 0.508 e. The molecule has 0 radical (unpaired) electrons. The van der Waals surface area contributed by atoms with Crippen LogP contribution in [-0.4, -0.2) is 45.6 Å². The van der Waals surface area contributed by atoms with Gasteiger partial charge in [-0.1, -0.05) is 17.7 Å². The number of allylic oxidation sites excluding steroid dienone is 2. The van der Waals surface area contributed by atoms with Gasteiger partial charge in [0.25, 0.3) is 11.8 Å². The van der Waals surface area contributed by atoms with Crippen LogP contribution in [0.4, 0.5) is 10.1 Å². The van der Waals surface area contributed by atoms with Gasteiger partial charge in [0.15, 0.2) is 9.75 Å². The Labute approximate surface area is 226 Å². The summed E-state index contributed by atoms with van der Waals surface area (Å²) in [6.07, 6.45) is 1.78. The molecule has 2 aromatic rings. The van der Waals surface area contributed by atoms with E-state index in [-0.39, 0.29) is 29.8 Å². The smallest absolute Gasteiger partial charge is 0.258 e. The third kappa shape index (κ3) is 3.09. The maximum absolute atomic E-state index is 14.1. The number of fused-ring (bicyclic) bond motifs is 4. The van der Waals surface area contributed by atoms with E-state index in [4.69, 9.17) is 27.9 Å². The van der Waals surface area contributed by atoms with E-state index >= 15 is 0 Å². The van der Waals surface area contributed by atoms with Gasteiger partial charge in [-0.3, -0.25) is 24.5 Å². The fourth-order valence-corrected chi connectivity index (χ4v) is 7.48. The lowest BCUT2D eigenvalue weighted by Gasteiger charge is -2.50. The van der Waals surface area contributed by atoms with Gasteiger partial charge >= 0.3 is 0 Å². The van der Waals surface area contributed by atoms with Crippen LogP contribution < -0.4 is 15.0 Å². The van der Waals surface area contributed by atoms with E-state index in [0.717, 1.165) is 17.0 Å². The molecule has 2 aromatic carbocycles. The van der Waals surface area contributed by atoms with Crippen LogP contribution in [-0.2, 0) is 19.2 Å². The van der Waals surface area contributed by atoms with Crippen molar-refractivity contribution in [2.75, 3.05) is 12.0 Å². The predicted octanol–water partition coefficient (Wildman–Crippen LogP) is 3.39. The van der Waals surface area contributed by atoms with Crippen LogP contribution in [0.2, 0.25) is 0 Å². The number of benzene rings is 2. The summed E-state index contributed by atoms with van der Waals surface area (Å²) < 4.78 is 18.8. The number of methoxy groups -OCH3 is 1. The number of phenolic OH excluding ortho intramolecular Hbond substituents is 1. The van der Waals surface area contributed by atoms with Crippen LogP contribution in [0, 0.1) is 23.6 Å². The Morgan fingerprint density at radius 3 is 2.39 bits per heavy atom. The van der Waals surface area contributed by atoms with Gasteiger partial charge in [-0.2, -0.15) is 0 Å². The second-order valence-electron chi connectivity index (χ2n) is 10.0. The first-order valence-corrected chi connectivity index (χ1v) is 12.7. The number of rotatable bonds is 3. The third-order valence-corrected chi connectivity index (χ3v) is 9.70. The number of halogens is 3. The molecule has 2 heterocycles. The summed E-state index contributed by atoms with van der Waals surface area (Å²) in [5.74, 6) is -6.31. The van der Waals surface area contributed by atoms with Crippen LogP contribution in [0.3, 0.4) is 0 Å². The number of nitrogens with zero attached hydrogens (tertiary/aromatic N) is 1. The quantitative estimate of drug-likeness (QED) is 0.339. The molecule has 2 N–H and O–H groups in total. The zero-order valence-corrected chi connectivity index (χ0v) is 21.4. The maximum atomic E-state index is 14.1. The average molecular weight is 559 g/mol. The lowest BCUT2D eigenvalue weighted by atomic mass is 9.56. The molecular weight excluding hydrogens is 538 g/mol. The molecule has 2 aliphatic carbocycles. The molecule has 1 saturated carbocycles. The maximum Gasteiger partial charge on any atom is 0.258 e. The van der Waals surface area contributed by atoms with Crippen molar-refractivity contribution in [1.29, 1.82) is 0 Å². The molecule has 11 heteroatoms. The van der Waals surface area contributed by atoms with Crippen molar-refractivity contribution in [3.05, 3.63) is 65.5 Å². The van der Waals surface area contributed by atoms with E-state index in [0.29, 0.717) is 11.3 Å². The number of ether oxygens (including phenoxy) is 1. The molecule has 0 spiro atoms. The average Bonchev–Trinajstić information content (AvgIpc) is 3.26. The number of aromatic hydroxyl groups is 1. The summed E-state index contributed by atoms with van der Waals surface area (Å²) in [7, 11) is 1.43. The zero-order valence-electron chi connectivity index (χ0n) is 19.9. The minimum atomic E-state index is -2.11. The first-order valence-electron chi connectivity index (χ1n) is 12.0. The number of carbonyl (C=O) groups excluding carboxylic acids is 4. The molecule has 0 aromatic heterocycles. The summed E-state index contributed by atoms with van der Waals surface area (Å²) in [5.41, 5.74) is 0.842. The number of hydrogen-bond acceptors (Lipinski definition) is 6. The number of anilines is 1. The minimum Gasteiger partial charge on any atom is -0.508 e. The fourth-order valence-electron chi connectivity index (χ4n) is 6.55. The van der Waals surface area contributed by atoms with Gasteiger partial charge < -0.3 is 9.84 Å². The van der Waals surface area contributed by atoms with Crippen molar-refractivity contribution in [2.45, 2.75) is 28.5 Å². The zero-order chi connectivity index (χ0) is 27.1. The van der Waals surface area contributed by atoms with E-state index in [1.54, 1.807) is 12.1 Å². The van der Waals surface area contributed by atoms with Crippen molar-refractivity contribution < 1.29 is 33.4 Å². The van der Waals surface area contributed by atoms with Crippen LogP contribution in [0.25, 0.3) is 0 Å². The summed E-state index contributed by atoms with van der Waals surface area (Å²) >= 11 is 14.4. The highest BCUT2D eigenvalue weighted by Crippen LogP contribution is 2.66. The Kier molecular flexibility index (Phi) is 5.42. The molecule has 2 saturated heterocycles. The van der Waals surface area contributed by atoms with E-state index in [1.807, 2.05) is 0 Å². The Morgan fingerprint density at radius 2 is 1.74 bits per heavy atom. The highest BCUT2D eigenvalue weighted by molar-refractivity contribution is 6.58. The lowest BCUT2D eigenvalue weighted by molar-refractivity contribution is -0.127. The minimum absolute atomic E-state index is 0.0807. The monoisotopic (exact) mass is 558 g/mol. The fraction of sp³-hybridized carbons (Fsp3) is 0.333. The molecule has 8 nitrogen and oxygen atoms in total. The molecule has 38 heavy (non-hydrogen) atoms. The van der Waals surface area contributed by atoms with Crippen molar-refractivity contribution in [2.24, 2.45) is 17.8 Å². The van der Waals surface area contributed by atoms with Gasteiger partial charge in [-0.15, -0.1) is 23.2 Å². The highest BCUT2D eigenvalue weighted by Gasteiger charge is 2.76. The molecule has 6 atom stereocenters. The van der Waals surface area contributed by atoms with Gasteiger partial charge in [0.05, 0.1) is 24.6 Å².